The number of hydrogen-bond acceptors (Lipinski definition) is 6. The van der Waals surface area contributed by atoms with Crippen LogP contribution in [0.3, 0.4) is 0 Å². The molecular formula is C23H25FN6O2. The number of aryl methyl sites for hydroxylation is 1. The van der Waals surface area contributed by atoms with Crippen molar-refractivity contribution < 1.29 is 9.13 Å². The minimum Gasteiger partial charge on any atom is -0.383 e. The molecule has 2 aromatic heterocycles. The first-order valence-corrected chi connectivity index (χ1v) is 10.3. The van der Waals surface area contributed by atoms with E-state index in [0.29, 0.717) is 44.2 Å². The number of methoxy groups -OCH3 is 1. The molecule has 0 saturated carbocycles. The van der Waals surface area contributed by atoms with Crippen molar-refractivity contribution in [3.8, 4) is 0 Å². The van der Waals surface area contributed by atoms with Crippen LogP contribution in [0.4, 0.5) is 4.39 Å². The average molecular weight is 436 g/mol. The lowest BCUT2D eigenvalue weighted by Gasteiger charge is -2.22. The maximum Gasteiger partial charge on any atom is 0.252 e. The van der Waals surface area contributed by atoms with Gasteiger partial charge in [-0.1, -0.05) is 24.3 Å². The highest BCUT2D eigenvalue weighted by molar-refractivity contribution is 5.79. The van der Waals surface area contributed by atoms with Gasteiger partial charge in [-0.05, 0) is 58.1 Å². The van der Waals surface area contributed by atoms with Gasteiger partial charge in [0.25, 0.3) is 5.56 Å². The van der Waals surface area contributed by atoms with Gasteiger partial charge in [-0.15, -0.1) is 5.10 Å². The van der Waals surface area contributed by atoms with E-state index in [1.807, 2.05) is 31.2 Å². The fraction of sp³-hybridized carbons (Fsp3) is 0.304. The maximum atomic E-state index is 13.4. The molecule has 9 heteroatoms. The van der Waals surface area contributed by atoms with Crippen molar-refractivity contribution in [2.75, 3.05) is 13.7 Å². The molecule has 0 amide bonds. The number of tetrazole rings is 1. The van der Waals surface area contributed by atoms with E-state index in [-0.39, 0.29) is 11.4 Å². The molecule has 0 radical (unpaired) electrons. The average Bonchev–Trinajstić information content (AvgIpc) is 3.21. The summed E-state index contributed by atoms with van der Waals surface area (Å²) >= 11 is 0. The summed E-state index contributed by atoms with van der Waals surface area (Å²) in [6.07, 6.45) is 0. The molecule has 0 saturated heterocycles. The quantitative estimate of drug-likeness (QED) is 0.434. The van der Waals surface area contributed by atoms with Gasteiger partial charge < -0.3 is 9.72 Å². The molecule has 8 nitrogen and oxygen atoms in total. The topological polar surface area (TPSA) is 88.9 Å². The standard InChI is InChI=1S/C23H25FN6O2/c1-16-3-6-18-12-19(23(31)25-21(18)11-16)14-29(13-17-4-7-20(24)8-5-17)15-22-26-27-28-30(22)9-10-32-2/h3-8,11-12H,9-10,13-15H2,1-2H3,(H,25,31). The number of ether oxygens (including phenoxy) is 1. The van der Waals surface area contributed by atoms with Crippen molar-refractivity contribution in [2.24, 2.45) is 0 Å². The van der Waals surface area contributed by atoms with E-state index >= 15 is 0 Å². The summed E-state index contributed by atoms with van der Waals surface area (Å²) in [7, 11) is 1.62. The summed E-state index contributed by atoms with van der Waals surface area (Å²) in [4.78, 5) is 17.8. The number of fused-ring (bicyclic) bond motifs is 1. The summed E-state index contributed by atoms with van der Waals surface area (Å²) in [6.45, 7) is 4.30. The molecule has 0 fully saturated rings. The van der Waals surface area contributed by atoms with E-state index in [1.54, 1.807) is 23.9 Å². The van der Waals surface area contributed by atoms with Crippen LogP contribution in [0.2, 0.25) is 0 Å². The number of H-pyrrole nitrogens is 1. The van der Waals surface area contributed by atoms with Crippen LogP contribution in [0.15, 0.2) is 53.3 Å². The number of aromatic nitrogens is 5. The van der Waals surface area contributed by atoms with Crippen LogP contribution in [0, 0.1) is 12.7 Å². The smallest absolute Gasteiger partial charge is 0.252 e. The molecule has 2 heterocycles. The number of halogens is 1. The normalized spacial score (nSPS) is 11.5. The Labute approximate surface area is 184 Å². The van der Waals surface area contributed by atoms with Gasteiger partial charge in [0.15, 0.2) is 5.82 Å². The van der Waals surface area contributed by atoms with E-state index < -0.39 is 0 Å². The third-order valence-electron chi connectivity index (χ3n) is 5.27. The largest absolute Gasteiger partial charge is 0.383 e. The Kier molecular flexibility index (Phi) is 6.67. The van der Waals surface area contributed by atoms with Gasteiger partial charge in [0.1, 0.15) is 5.82 Å². The third-order valence-corrected chi connectivity index (χ3v) is 5.27. The van der Waals surface area contributed by atoms with Crippen molar-refractivity contribution in [1.29, 1.82) is 0 Å². The van der Waals surface area contributed by atoms with E-state index in [1.165, 1.54) is 12.1 Å². The Morgan fingerprint density at radius 3 is 2.69 bits per heavy atom. The molecule has 0 aliphatic heterocycles. The molecule has 4 rings (SSSR count). The minimum absolute atomic E-state index is 0.133. The molecule has 0 spiro atoms. The maximum absolute atomic E-state index is 13.4. The van der Waals surface area contributed by atoms with E-state index in [9.17, 15) is 9.18 Å². The van der Waals surface area contributed by atoms with Crippen molar-refractivity contribution in [2.45, 2.75) is 33.1 Å². The fourth-order valence-electron chi connectivity index (χ4n) is 3.62. The van der Waals surface area contributed by atoms with Crippen molar-refractivity contribution in [1.82, 2.24) is 30.1 Å². The van der Waals surface area contributed by atoms with Crippen LogP contribution in [-0.4, -0.2) is 43.8 Å². The molecule has 0 aliphatic carbocycles. The summed E-state index contributed by atoms with van der Waals surface area (Å²) in [5.74, 6) is 0.377. The highest BCUT2D eigenvalue weighted by Crippen LogP contribution is 2.16. The fourth-order valence-corrected chi connectivity index (χ4v) is 3.62. The van der Waals surface area contributed by atoms with Crippen molar-refractivity contribution in [3.63, 3.8) is 0 Å². The molecule has 4 aromatic rings. The Hall–Kier alpha value is -3.43. The molecular weight excluding hydrogens is 411 g/mol. The molecule has 0 bridgehead atoms. The predicted octanol–water partition coefficient (Wildman–Crippen LogP) is 2.81. The molecule has 0 unspecified atom stereocenters. The minimum atomic E-state index is -0.287. The molecule has 0 atom stereocenters. The first kappa shape index (κ1) is 21.8. The lowest BCUT2D eigenvalue weighted by atomic mass is 10.1. The number of rotatable bonds is 9. The molecule has 166 valence electrons. The Bertz CT molecular complexity index is 1250. The van der Waals surface area contributed by atoms with Crippen LogP contribution in [0.5, 0.6) is 0 Å². The second kappa shape index (κ2) is 9.80. The van der Waals surface area contributed by atoms with Crippen LogP contribution in [0.25, 0.3) is 10.9 Å². The lowest BCUT2D eigenvalue weighted by Crippen LogP contribution is -2.28. The van der Waals surface area contributed by atoms with E-state index in [4.69, 9.17) is 4.74 Å². The van der Waals surface area contributed by atoms with Gasteiger partial charge in [0.05, 0.1) is 19.7 Å². The van der Waals surface area contributed by atoms with Gasteiger partial charge >= 0.3 is 0 Å². The number of hydrogen-bond donors (Lipinski definition) is 1. The number of nitrogens with zero attached hydrogens (tertiary/aromatic N) is 5. The Morgan fingerprint density at radius 2 is 1.91 bits per heavy atom. The van der Waals surface area contributed by atoms with E-state index in [0.717, 1.165) is 22.0 Å². The zero-order valence-electron chi connectivity index (χ0n) is 18.1. The van der Waals surface area contributed by atoms with Crippen molar-refractivity contribution in [3.05, 3.63) is 87.2 Å². The molecule has 0 aliphatic rings. The number of benzene rings is 2. The van der Waals surface area contributed by atoms with Crippen LogP contribution in [-0.2, 0) is 30.9 Å². The van der Waals surface area contributed by atoms with Crippen LogP contribution >= 0.6 is 0 Å². The summed E-state index contributed by atoms with van der Waals surface area (Å²) in [5, 5.41) is 12.9. The van der Waals surface area contributed by atoms with E-state index in [2.05, 4.69) is 25.4 Å². The van der Waals surface area contributed by atoms with Crippen LogP contribution in [0.1, 0.15) is 22.5 Å². The second-order valence-corrected chi connectivity index (χ2v) is 7.80. The number of nitrogens with one attached hydrogen (secondary N) is 1. The number of pyridine rings is 1. The zero-order chi connectivity index (χ0) is 22.5. The number of aromatic amines is 1. The molecule has 1 N–H and O–H groups in total. The van der Waals surface area contributed by atoms with Gasteiger partial charge in [-0.3, -0.25) is 9.69 Å². The summed E-state index contributed by atoms with van der Waals surface area (Å²) < 4.78 is 20.2. The first-order chi connectivity index (χ1) is 15.5. The van der Waals surface area contributed by atoms with Crippen molar-refractivity contribution >= 4 is 10.9 Å². The second-order valence-electron chi connectivity index (χ2n) is 7.80. The zero-order valence-corrected chi connectivity index (χ0v) is 18.1. The Morgan fingerprint density at radius 1 is 1.09 bits per heavy atom. The van der Waals surface area contributed by atoms with Gasteiger partial charge in [-0.25, -0.2) is 9.07 Å². The molecule has 2 aromatic carbocycles. The summed E-state index contributed by atoms with van der Waals surface area (Å²) in [5.41, 5.74) is 3.33. The molecule has 32 heavy (non-hydrogen) atoms. The van der Waals surface area contributed by atoms with Gasteiger partial charge in [-0.2, -0.15) is 0 Å². The highest BCUT2D eigenvalue weighted by atomic mass is 19.1. The van der Waals surface area contributed by atoms with Gasteiger partial charge in [0.2, 0.25) is 0 Å². The summed E-state index contributed by atoms with van der Waals surface area (Å²) in [6, 6.07) is 14.2. The van der Waals surface area contributed by atoms with Crippen LogP contribution < -0.4 is 5.56 Å². The Balaban J connectivity index is 1.63. The van der Waals surface area contributed by atoms with Gasteiger partial charge in [0, 0.05) is 31.3 Å². The lowest BCUT2D eigenvalue weighted by molar-refractivity contribution is 0.177. The highest BCUT2D eigenvalue weighted by Gasteiger charge is 2.16. The third kappa shape index (κ3) is 5.24. The predicted molar refractivity (Wildman–Crippen MR) is 118 cm³/mol. The first-order valence-electron chi connectivity index (χ1n) is 10.3. The monoisotopic (exact) mass is 436 g/mol. The SMILES string of the molecule is COCCn1nnnc1CN(Cc1ccc(F)cc1)Cc1cc2ccc(C)cc2[nH]c1=O.